The Morgan fingerprint density at radius 3 is 2.53 bits per heavy atom. The minimum absolute atomic E-state index is 0.509. The van der Waals surface area contributed by atoms with Crippen molar-refractivity contribution in [3.8, 4) is 11.3 Å². The van der Waals surface area contributed by atoms with Gasteiger partial charge in [0.25, 0.3) is 0 Å². The number of pyridine rings is 1. The summed E-state index contributed by atoms with van der Waals surface area (Å²) >= 11 is 0. The molecule has 0 unspecified atom stereocenters. The number of nitrogens with zero attached hydrogens (tertiary/aromatic N) is 1. The number of hydrogen-bond donors (Lipinski definition) is 0. The van der Waals surface area contributed by atoms with Crippen LogP contribution in [0.25, 0.3) is 11.3 Å². The second kappa shape index (κ2) is 5.16. The van der Waals surface area contributed by atoms with Gasteiger partial charge in [-0.1, -0.05) is 50.1 Å². The average Bonchev–Trinajstić information content (AvgIpc) is 2.86. The van der Waals surface area contributed by atoms with Gasteiger partial charge in [0.1, 0.15) is 0 Å². The summed E-state index contributed by atoms with van der Waals surface area (Å²) < 4.78 is 0. The van der Waals surface area contributed by atoms with Crippen LogP contribution in [0.15, 0.2) is 48.7 Å². The van der Waals surface area contributed by atoms with Crippen LogP contribution in [0.2, 0.25) is 0 Å². The highest BCUT2D eigenvalue weighted by atomic mass is 14.7. The van der Waals surface area contributed by atoms with Crippen LogP contribution in [0.3, 0.4) is 0 Å². The minimum Gasteiger partial charge on any atom is -0.256 e. The summed E-state index contributed by atoms with van der Waals surface area (Å²) in [6, 6.07) is 14.9. The molecule has 0 spiro atoms. The summed E-state index contributed by atoms with van der Waals surface area (Å²) in [6.07, 6.45) is 8.68. The van der Waals surface area contributed by atoms with E-state index in [1.54, 1.807) is 0 Å². The fourth-order valence-corrected chi connectivity index (χ4v) is 3.25. The monoisotopic (exact) mass is 251 g/mol. The van der Waals surface area contributed by atoms with E-state index in [2.05, 4.69) is 48.3 Å². The first-order chi connectivity index (χ1) is 9.25. The number of rotatable bonds is 3. The zero-order valence-electron chi connectivity index (χ0n) is 11.6. The lowest BCUT2D eigenvalue weighted by atomic mass is 9.82. The molecular formula is C18H21N. The first kappa shape index (κ1) is 12.4. The Bertz CT molecular complexity index is 539. The molecule has 1 fully saturated rings. The molecule has 0 atom stereocenters. The minimum atomic E-state index is 0.509. The number of aromatic nitrogens is 1. The maximum Gasteiger partial charge on any atom is 0.0704 e. The Hall–Kier alpha value is -1.63. The first-order valence-electron chi connectivity index (χ1n) is 7.26. The molecule has 1 aliphatic carbocycles. The normalized spacial score (nSPS) is 17.5. The lowest BCUT2D eigenvalue weighted by molar-refractivity contribution is 0.334. The van der Waals surface area contributed by atoms with Gasteiger partial charge in [0.15, 0.2) is 0 Å². The van der Waals surface area contributed by atoms with Crippen molar-refractivity contribution in [2.24, 2.45) is 5.41 Å². The molecule has 1 aromatic heterocycles. The predicted molar refractivity (Wildman–Crippen MR) is 80.0 cm³/mol. The molecule has 0 aliphatic heterocycles. The van der Waals surface area contributed by atoms with Crippen molar-refractivity contribution < 1.29 is 0 Å². The third-order valence-corrected chi connectivity index (χ3v) is 4.34. The maximum absolute atomic E-state index is 4.51. The lowest BCUT2D eigenvalue weighted by Crippen LogP contribution is -2.14. The van der Waals surface area contributed by atoms with E-state index in [0.717, 1.165) is 5.69 Å². The van der Waals surface area contributed by atoms with E-state index in [4.69, 9.17) is 0 Å². The van der Waals surface area contributed by atoms with Gasteiger partial charge in [-0.25, -0.2) is 0 Å². The molecule has 1 nitrogen and oxygen atoms in total. The van der Waals surface area contributed by atoms with Crippen molar-refractivity contribution in [2.75, 3.05) is 0 Å². The molecule has 0 saturated heterocycles. The molecule has 1 aromatic carbocycles. The smallest absolute Gasteiger partial charge is 0.0704 e. The quantitative estimate of drug-likeness (QED) is 0.758. The molecule has 1 heteroatoms. The van der Waals surface area contributed by atoms with Gasteiger partial charge in [-0.15, -0.1) is 0 Å². The standard InChI is InChI=1S/C18H21N/c1-18(10-5-6-11-18)14-15-9-12-19-17(13-15)16-7-3-2-4-8-16/h2-4,7-9,12-13H,5-6,10-11,14H2,1H3. The van der Waals surface area contributed by atoms with E-state index in [1.807, 2.05) is 12.3 Å². The Kier molecular flexibility index (Phi) is 3.37. The fourth-order valence-electron chi connectivity index (χ4n) is 3.25. The Morgan fingerprint density at radius 2 is 1.79 bits per heavy atom. The van der Waals surface area contributed by atoms with Gasteiger partial charge in [0.2, 0.25) is 0 Å². The molecule has 3 rings (SSSR count). The molecule has 98 valence electrons. The Balaban J connectivity index is 1.84. The SMILES string of the molecule is CC1(Cc2ccnc(-c3ccccc3)c2)CCCC1. The molecule has 2 aromatic rings. The molecule has 0 amide bonds. The third kappa shape index (κ3) is 2.86. The van der Waals surface area contributed by atoms with Crippen molar-refractivity contribution in [1.29, 1.82) is 0 Å². The predicted octanol–water partition coefficient (Wildman–Crippen LogP) is 4.87. The lowest BCUT2D eigenvalue weighted by Gasteiger charge is -2.23. The maximum atomic E-state index is 4.51. The van der Waals surface area contributed by atoms with Gasteiger partial charge in [-0.05, 0) is 42.4 Å². The van der Waals surface area contributed by atoms with Gasteiger partial charge < -0.3 is 0 Å². The second-order valence-electron chi connectivity index (χ2n) is 6.11. The van der Waals surface area contributed by atoms with Crippen LogP contribution in [0.5, 0.6) is 0 Å². The summed E-state index contributed by atoms with van der Waals surface area (Å²) in [7, 11) is 0. The molecule has 0 N–H and O–H groups in total. The Morgan fingerprint density at radius 1 is 1.05 bits per heavy atom. The number of hydrogen-bond acceptors (Lipinski definition) is 1. The van der Waals surface area contributed by atoms with Crippen molar-refractivity contribution in [1.82, 2.24) is 4.98 Å². The first-order valence-corrected chi connectivity index (χ1v) is 7.26. The Labute approximate surface area is 115 Å². The van der Waals surface area contributed by atoms with Crippen LogP contribution in [-0.4, -0.2) is 4.98 Å². The van der Waals surface area contributed by atoms with E-state index in [9.17, 15) is 0 Å². The highest BCUT2D eigenvalue weighted by Crippen LogP contribution is 2.40. The largest absolute Gasteiger partial charge is 0.256 e. The van der Waals surface area contributed by atoms with E-state index < -0.39 is 0 Å². The summed E-state index contributed by atoms with van der Waals surface area (Å²) in [5.41, 5.74) is 4.24. The zero-order valence-corrected chi connectivity index (χ0v) is 11.6. The molecule has 1 aliphatic rings. The second-order valence-corrected chi connectivity index (χ2v) is 6.11. The van der Waals surface area contributed by atoms with E-state index in [0.29, 0.717) is 5.41 Å². The van der Waals surface area contributed by atoms with E-state index in [-0.39, 0.29) is 0 Å². The van der Waals surface area contributed by atoms with Crippen LogP contribution in [0.1, 0.15) is 38.2 Å². The summed E-state index contributed by atoms with van der Waals surface area (Å²) in [6.45, 7) is 2.43. The van der Waals surface area contributed by atoms with Crippen LogP contribution >= 0.6 is 0 Å². The topological polar surface area (TPSA) is 12.9 Å². The molecule has 1 saturated carbocycles. The van der Waals surface area contributed by atoms with Crippen molar-refractivity contribution in [2.45, 2.75) is 39.0 Å². The van der Waals surface area contributed by atoms with Gasteiger partial charge in [0.05, 0.1) is 5.69 Å². The molecule has 19 heavy (non-hydrogen) atoms. The average molecular weight is 251 g/mol. The van der Waals surface area contributed by atoms with E-state index in [1.165, 1.54) is 43.2 Å². The van der Waals surface area contributed by atoms with Gasteiger partial charge in [-0.3, -0.25) is 4.98 Å². The molecule has 1 heterocycles. The molecular weight excluding hydrogens is 230 g/mol. The van der Waals surface area contributed by atoms with Crippen LogP contribution in [0, 0.1) is 5.41 Å². The summed E-state index contributed by atoms with van der Waals surface area (Å²) in [5, 5.41) is 0. The van der Waals surface area contributed by atoms with Crippen LogP contribution < -0.4 is 0 Å². The summed E-state index contributed by atoms with van der Waals surface area (Å²) in [5.74, 6) is 0. The van der Waals surface area contributed by atoms with Crippen molar-refractivity contribution in [3.05, 3.63) is 54.2 Å². The van der Waals surface area contributed by atoms with Crippen molar-refractivity contribution >= 4 is 0 Å². The van der Waals surface area contributed by atoms with Gasteiger partial charge >= 0.3 is 0 Å². The highest BCUT2D eigenvalue weighted by molar-refractivity contribution is 5.59. The van der Waals surface area contributed by atoms with Crippen LogP contribution in [-0.2, 0) is 6.42 Å². The molecule has 0 bridgehead atoms. The van der Waals surface area contributed by atoms with E-state index >= 15 is 0 Å². The van der Waals surface area contributed by atoms with Gasteiger partial charge in [0, 0.05) is 11.8 Å². The van der Waals surface area contributed by atoms with Gasteiger partial charge in [-0.2, -0.15) is 0 Å². The zero-order chi connectivity index (χ0) is 13.1. The third-order valence-electron chi connectivity index (χ3n) is 4.34. The molecule has 0 radical (unpaired) electrons. The summed E-state index contributed by atoms with van der Waals surface area (Å²) in [4.78, 5) is 4.51. The number of benzene rings is 1. The highest BCUT2D eigenvalue weighted by Gasteiger charge is 2.28. The fraction of sp³-hybridized carbons (Fsp3) is 0.389. The van der Waals surface area contributed by atoms with Crippen LogP contribution in [0.4, 0.5) is 0 Å². The van der Waals surface area contributed by atoms with Crippen molar-refractivity contribution in [3.63, 3.8) is 0 Å².